The van der Waals surface area contributed by atoms with Crippen molar-refractivity contribution in [2.45, 2.75) is 6.92 Å². The average molecular weight is 541 g/mol. The monoisotopic (exact) mass is 540 g/mol. The maximum atomic E-state index is 12.5. The number of nitrogens with one attached hydrogen (secondary N) is 1. The molecular weight excluding hydrogens is 523 g/mol. The Morgan fingerprint density at radius 3 is 2.63 bits per heavy atom. The molecule has 2 rings (SSSR count). The zero-order chi connectivity index (χ0) is 22.1. The topological polar surface area (TPSA) is 97.6 Å². The number of hydrogen-bond donors (Lipinski definition) is 1. The minimum absolute atomic E-state index is 0.114. The van der Waals surface area contributed by atoms with Crippen LogP contribution in [0.4, 0.5) is 5.69 Å². The number of amides is 1. The third-order valence-corrected chi connectivity index (χ3v) is 4.82. The number of anilines is 1. The molecule has 1 amide bonds. The van der Waals surface area contributed by atoms with E-state index in [1.165, 1.54) is 13.2 Å². The summed E-state index contributed by atoms with van der Waals surface area (Å²) >= 11 is 8.07. The molecule has 0 aliphatic carbocycles. The van der Waals surface area contributed by atoms with E-state index < -0.39 is 11.9 Å². The first-order valence-electron chi connectivity index (χ1n) is 8.73. The molecule has 156 valence electrons. The van der Waals surface area contributed by atoms with Gasteiger partial charge in [-0.1, -0.05) is 23.7 Å². The van der Waals surface area contributed by atoms with Gasteiger partial charge in [0, 0.05) is 0 Å². The number of rotatable bonds is 8. The molecule has 0 radical (unpaired) electrons. The summed E-state index contributed by atoms with van der Waals surface area (Å²) in [5, 5.41) is 12.4. The number of methoxy groups -OCH3 is 1. The molecule has 1 N–H and O–H groups in total. The maximum absolute atomic E-state index is 12.5. The summed E-state index contributed by atoms with van der Waals surface area (Å²) in [5.74, 6) is -0.368. The quantitative estimate of drug-likeness (QED) is 0.230. The Labute approximate surface area is 192 Å². The van der Waals surface area contributed by atoms with Gasteiger partial charge in [0.2, 0.25) is 0 Å². The fourth-order valence-corrected chi connectivity index (χ4v) is 3.30. The van der Waals surface area contributed by atoms with Gasteiger partial charge in [0.05, 0.1) is 28.0 Å². The van der Waals surface area contributed by atoms with Crippen LogP contribution in [0.25, 0.3) is 6.08 Å². The number of carbonyl (C=O) groups is 2. The SMILES string of the molecule is CCOc1cc(/C=C(\C#N)C(=O)Nc2ccccc2Cl)cc(I)c1OCC(=O)OC. The molecule has 30 heavy (non-hydrogen) atoms. The number of para-hydroxylation sites is 1. The van der Waals surface area contributed by atoms with Gasteiger partial charge in [-0.05, 0) is 65.4 Å². The predicted molar refractivity (Wildman–Crippen MR) is 122 cm³/mol. The molecular formula is C21H18ClIN2O5. The maximum Gasteiger partial charge on any atom is 0.343 e. The standard InChI is InChI=1S/C21H18ClIN2O5/c1-3-29-18-10-13(9-16(23)20(18)30-12-19(26)28-2)8-14(11-24)21(27)25-17-7-5-4-6-15(17)22/h4-10H,3,12H2,1-2H3,(H,25,27)/b14-8+. The first kappa shape index (κ1) is 23.5. The van der Waals surface area contributed by atoms with Gasteiger partial charge >= 0.3 is 5.97 Å². The molecule has 0 aromatic heterocycles. The Morgan fingerprint density at radius 1 is 1.27 bits per heavy atom. The van der Waals surface area contributed by atoms with E-state index in [0.717, 1.165) is 0 Å². The second kappa shape index (κ2) is 11.4. The Bertz CT molecular complexity index is 1020. The smallest absolute Gasteiger partial charge is 0.343 e. The fraction of sp³-hybridized carbons (Fsp3) is 0.190. The Balaban J connectivity index is 2.33. The molecule has 7 nitrogen and oxygen atoms in total. The lowest BCUT2D eigenvalue weighted by Crippen LogP contribution is -2.14. The van der Waals surface area contributed by atoms with E-state index in [-0.39, 0.29) is 12.2 Å². The van der Waals surface area contributed by atoms with Crippen molar-refractivity contribution >= 4 is 57.8 Å². The summed E-state index contributed by atoms with van der Waals surface area (Å²) in [7, 11) is 1.27. The van der Waals surface area contributed by atoms with Crippen molar-refractivity contribution in [3.63, 3.8) is 0 Å². The Kier molecular flexibility index (Phi) is 8.95. The number of esters is 1. The molecule has 0 saturated carbocycles. The minimum atomic E-state index is -0.593. The van der Waals surface area contributed by atoms with Crippen molar-refractivity contribution in [3.8, 4) is 17.6 Å². The van der Waals surface area contributed by atoms with Gasteiger partial charge in [-0.2, -0.15) is 5.26 Å². The molecule has 0 unspecified atom stereocenters. The number of benzene rings is 2. The van der Waals surface area contributed by atoms with Crippen molar-refractivity contribution in [3.05, 3.63) is 56.1 Å². The van der Waals surface area contributed by atoms with Crippen molar-refractivity contribution in [1.29, 1.82) is 5.26 Å². The first-order valence-corrected chi connectivity index (χ1v) is 10.2. The summed E-state index contributed by atoms with van der Waals surface area (Å²) in [4.78, 5) is 23.9. The lowest BCUT2D eigenvalue weighted by Gasteiger charge is -2.14. The third kappa shape index (κ3) is 6.37. The molecule has 0 aliphatic rings. The second-order valence-corrected chi connectivity index (χ2v) is 7.30. The van der Waals surface area contributed by atoms with Crippen molar-refractivity contribution in [1.82, 2.24) is 0 Å². The average Bonchev–Trinajstić information content (AvgIpc) is 2.72. The molecule has 0 heterocycles. The van der Waals surface area contributed by atoms with Crippen LogP contribution >= 0.6 is 34.2 Å². The summed E-state index contributed by atoms with van der Waals surface area (Å²) in [6, 6.07) is 12.0. The van der Waals surface area contributed by atoms with Gasteiger partial charge in [0.1, 0.15) is 11.6 Å². The Morgan fingerprint density at radius 2 is 2.00 bits per heavy atom. The molecule has 2 aromatic rings. The number of carbonyl (C=O) groups excluding carboxylic acids is 2. The number of nitriles is 1. The van der Waals surface area contributed by atoms with Crippen LogP contribution in [0, 0.1) is 14.9 Å². The van der Waals surface area contributed by atoms with Crippen LogP contribution in [0.1, 0.15) is 12.5 Å². The summed E-state index contributed by atoms with van der Waals surface area (Å²) in [6.07, 6.45) is 1.43. The normalized spacial score (nSPS) is 10.7. The van der Waals surface area contributed by atoms with Gasteiger partial charge < -0.3 is 19.5 Å². The molecule has 0 fully saturated rings. The first-order chi connectivity index (χ1) is 14.4. The van der Waals surface area contributed by atoms with Gasteiger partial charge in [0.25, 0.3) is 5.91 Å². The van der Waals surface area contributed by atoms with Crippen LogP contribution < -0.4 is 14.8 Å². The van der Waals surface area contributed by atoms with Crippen LogP contribution in [0.2, 0.25) is 5.02 Å². The second-order valence-electron chi connectivity index (χ2n) is 5.73. The summed E-state index contributed by atoms with van der Waals surface area (Å²) in [6.45, 7) is 1.89. The largest absolute Gasteiger partial charge is 0.490 e. The van der Waals surface area contributed by atoms with Crippen LogP contribution in [0.5, 0.6) is 11.5 Å². The van der Waals surface area contributed by atoms with Gasteiger partial charge in [-0.3, -0.25) is 4.79 Å². The van der Waals surface area contributed by atoms with Crippen LogP contribution in [-0.4, -0.2) is 32.2 Å². The zero-order valence-corrected chi connectivity index (χ0v) is 19.1. The zero-order valence-electron chi connectivity index (χ0n) is 16.2. The van der Waals surface area contributed by atoms with E-state index in [2.05, 4.69) is 10.1 Å². The summed E-state index contributed by atoms with van der Waals surface area (Å²) in [5.41, 5.74) is 0.844. The lowest BCUT2D eigenvalue weighted by atomic mass is 10.1. The predicted octanol–water partition coefficient (Wildman–Crippen LogP) is 4.44. The van der Waals surface area contributed by atoms with E-state index >= 15 is 0 Å². The highest BCUT2D eigenvalue weighted by Gasteiger charge is 2.16. The van der Waals surface area contributed by atoms with E-state index in [9.17, 15) is 14.9 Å². The number of hydrogen-bond acceptors (Lipinski definition) is 6. The minimum Gasteiger partial charge on any atom is -0.490 e. The van der Waals surface area contributed by atoms with Gasteiger partial charge in [-0.15, -0.1) is 0 Å². The van der Waals surface area contributed by atoms with E-state index in [4.69, 9.17) is 21.1 Å². The van der Waals surface area contributed by atoms with Gasteiger partial charge in [0.15, 0.2) is 18.1 Å². The highest BCUT2D eigenvalue weighted by molar-refractivity contribution is 14.1. The molecule has 0 spiro atoms. The molecule has 0 atom stereocenters. The van der Waals surface area contributed by atoms with E-state index in [0.29, 0.717) is 37.9 Å². The molecule has 0 saturated heterocycles. The van der Waals surface area contributed by atoms with Crippen LogP contribution in [0.15, 0.2) is 42.0 Å². The van der Waals surface area contributed by atoms with E-state index in [1.807, 2.05) is 28.7 Å². The summed E-state index contributed by atoms with van der Waals surface area (Å²) < 4.78 is 16.3. The number of ether oxygens (including phenoxy) is 3. The highest BCUT2D eigenvalue weighted by Crippen LogP contribution is 2.35. The van der Waals surface area contributed by atoms with Crippen LogP contribution in [-0.2, 0) is 14.3 Å². The van der Waals surface area contributed by atoms with Gasteiger partial charge in [-0.25, -0.2) is 4.79 Å². The highest BCUT2D eigenvalue weighted by atomic mass is 127. The number of halogens is 2. The van der Waals surface area contributed by atoms with Crippen molar-refractivity contribution in [2.24, 2.45) is 0 Å². The van der Waals surface area contributed by atoms with Crippen molar-refractivity contribution < 1.29 is 23.8 Å². The lowest BCUT2D eigenvalue weighted by molar-refractivity contribution is -0.142. The third-order valence-electron chi connectivity index (χ3n) is 3.69. The van der Waals surface area contributed by atoms with Crippen molar-refractivity contribution in [2.75, 3.05) is 25.6 Å². The van der Waals surface area contributed by atoms with Crippen LogP contribution in [0.3, 0.4) is 0 Å². The fourth-order valence-electron chi connectivity index (χ4n) is 2.33. The number of nitrogens with zero attached hydrogens (tertiary/aromatic N) is 1. The molecule has 2 aromatic carbocycles. The van der Waals surface area contributed by atoms with E-state index in [1.54, 1.807) is 43.3 Å². The molecule has 0 aliphatic heterocycles. The molecule has 9 heteroatoms. The Hall–Kier alpha value is -2.77. The molecule has 0 bridgehead atoms.